The molecule has 0 aliphatic heterocycles. The molecule has 0 spiro atoms. The van der Waals surface area contributed by atoms with Crippen LogP contribution in [0.5, 0.6) is 0 Å². The van der Waals surface area contributed by atoms with Crippen LogP contribution in [0.4, 0.5) is 0 Å². The zero-order valence-corrected chi connectivity index (χ0v) is 10.4. The quantitative estimate of drug-likeness (QED) is 0.861. The highest BCUT2D eigenvalue weighted by molar-refractivity contribution is 6.19. The summed E-state index contributed by atoms with van der Waals surface area (Å²) in [6.07, 6.45) is 5.16. The molecule has 0 bridgehead atoms. The highest BCUT2D eigenvalue weighted by atomic mass is 35.5. The average molecular weight is 262 g/mol. The first-order valence-electron chi connectivity index (χ1n) is 5.82. The predicted octanol–water partition coefficient (Wildman–Crippen LogP) is 2.13. The van der Waals surface area contributed by atoms with Gasteiger partial charge in [-0.3, -0.25) is 14.8 Å². The first kappa shape index (κ1) is 11.4. The molecule has 3 rings (SSSR count). The Morgan fingerprint density at radius 1 is 1.28 bits per heavy atom. The topological polar surface area (TPSA) is 54.9 Å². The lowest BCUT2D eigenvalue weighted by molar-refractivity contribution is 0.0936. The molecule has 92 valence electrons. The van der Waals surface area contributed by atoms with E-state index in [0.717, 1.165) is 23.9 Å². The van der Waals surface area contributed by atoms with Crippen molar-refractivity contribution in [2.45, 2.75) is 18.4 Å². The third kappa shape index (κ3) is 2.04. The number of nitrogens with zero attached hydrogens (tertiary/aromatic N) is 2. The summed E-state index contributed by atoms with van der Waals surface area (Å²) in [5, 5.41) is 2.98. The second-order valence-corrected chi connectivity index (χ2v) is 4.90. The van der Waals surface area contributed by atoms with Gasteiger partial charge in [0, 0.05) is 23.8 Å². The van der Waals surface area contributed by atoms with Crippen LogP contribution in [0.3, 0.4) is 0 Å². The van der Waals surface area contributed by atoms with Crippen LogP contribution >= 0.6 is 11.6 Å². The average Bonchev–Trinajstić information content (AvgIpc) is 3.18. The third-order valence-electron chi connectivity index (χ3n) is 3.22. The van der Waals surface area contributed by atoms with Crippen LogP contribution in [-0.4, -0.2) is 27.3 Å². The Balaban J connectivity index is 1.87. The van der Waals surface area contributed by atoms with Gasteiger partial charge in [0.2, 0.25) is 0 Å². The van der Waals surface area contributed by atoms with E-state index in [1.807, 2.05) is 0 Å². The summed E-state index contributed by atoms with van der Waals surface area (Å²) in [5.74, 6) is 0.368. The molecule has 1 aromatic carbocycles. The van der Waals surface area contributed by atoms with Crippen molar-refractivity contribution in [2.24, 2.45) is 0 Å². The Kier molecular flexibility index (Phi) is 2.67. The fraction of sp³-hybridized carbons (Fsp3) is 0.308. The van der Waals surface area contributed by atoms with Gasteiger partial charge in [-0.25, -0.2) is 0 Å². The molecule has 1 amide bonds. The molecule has 2 aromatic rings. The highest BCUT2D eigenvalue weighted by Crippen LogP contribution is 2.36. The maximum absolute atomic E-state index is 12.1. The Morgan fingerprint density at radius 2 is 2.00 bits per heavy atom. The van der Waals surface area contributed by atoms with Gasteiger partial charge in [-0.1, -0.05) is 0 Å². The van der Waals surface area contributed by atoms with Gasteiger partial charge < -0.3 is 5.32 Å². The summed E-state index contributed by atoms with van der Waals surface area (Å²) in [6, 6.07) is 5.32. The Hall–Kier alpha value is -1.68. The van der Waals surface area contributed by atoms with Crippen LogP contribution in [0.2, 0.25) is 0 Å². The second kappa shape index (κ2) is 4.21. The standard InChI is InChI=1S/C13H12ClN3O/c14-8-13(3-4-13)17-12(18)9-1-2-10-11(7-9)16-6-5-15-10/h1-2,5-7H,3-4,8H2,(H,17,18). The summed E-state index contributed by atoms with van der Waals surface area (Å²) < 4.78 is 0. The van der Waals surface area contributed by atoms with Gasteiger partial charge in [-0.15, -0.1) is 11.6 Å². The van der Waals surface area contributed by atoms with E-state index >= 15 is 0 Å². The number of aromatic nitrogens is 2. The number of alkyl halides is 1. The number of rotatable bonds is 3. The van der Waals surface area contributed by atoms with E-state index in [1.165, 1.54) is 0 Å². The van der Waals surface area contributed by atoms with Gasteiger partial charge in [0.15, 0.2) is 0 Å². The minimum Gasteiger partial charge on any atom is -0.345 e. The van der Waals surface area contributed by atoms with Crippen molar-refractivity contribution in [3.8, 4) is 0 Å². The van der Waals surface area contributed by atoms with Crippen LogP contribution in [0.25, 0.3) is 11.0 Å². The van der Waals surface area contributed by atoms with E-state index < -0.39 is 0 Å². The number of nitrogens with one attached hydrogen (secondary N) is 1. The van der Waals surface area contributed by atoms with Crippen LogP contribution in [-0.2, 0) is 0 Å². The molecule has 5 heteroatoms. The molecule has 4 nitrogen and oxygen atoms in total. The third-order valence-corrected chi connectivity index (χ3v) is 3.73. The van der Waals surface area contributed by atoms with Gasteiger partial charge >= 0.3 is 0 Å². The Labute approximate surface area is 109 Å². The molecule has 1 N–H and O–H groups in total. The summed E-state index contributed by atoms with van der Waals surface area (Å²) in [6.45, 7) is 0. The summed E-state index contributed by atoms with van der Waals surface area (Å²) in [5.41, 5.74) is 1.92. The molecule has 18 heavy (non-hydrogen) atoms. The minimum atomic E-state index is -0.185. The van der Waals surface area contributed by atoms with Crippen LogP contribution in [0.15, 0.2) is 30.6 Å². The molecule has 1 aromatic heterocycles. The molecule has 0 saturated heterocycles. The number of benzene rings is 1. The Morgan fingerprint density at radius 3 is 2.67 bits per heavy atom. The van der Waals surface area contributed by atoms with Crippen LogP contribution in [0, 0.1) is 0 Å². The first-order chi connectivity index (χ1) is 8.72. The molecule has 0 radical (unpaired) electrons. The maximum atomic E-state index is 12.1. The van der Waals surface area contributed by atoms with E-state index in [-0.39, 0.29) is 11.4 Å². The smallest absolute Gasteiger partial charge is 0.251 e. The summed E-state index contributed by atoms with van der Waals surface area (Å²) >= 11 is 5.85. The molecule has 1 fully saturated rings. The van der Waals surface area contributed by atoms with E-state index in [2.05, 4.69) is 15.3 Å². The van der Waals surface area contributed by atoms with Crippen LogP contribution < -0.4 is 5.32 Å². The fourth-order valence-electron chi connectivity index (χ4n) is 1.86. The molecule has 1 aliphatic carbocycles. The molecular weight excluding hydrogens is 250 g/mol. The zero-order chi connectivity index (χ0) is 12.6. The van der Waals surface area contributed by atoms with Gasteiger partial charge in [0.25, 0.3) is 5.91 Å². The van der Waals surface area contributed by atoms with Gasteiger partial charge in [-0.2, -0.15) is 0 Å². The van der Waals surface area contributed by atoms with Gasteiger partial charge in [0.1, 0.15) is 0 Å². The molecule has 1 heterocycles. The van der Waals surface area contributed by atoms with Crippen molar-refractivity contribution < 1.29 is 4.79 Å². The largest absolute Gasteiger partial charge is 0.345 e. The van der Waals surface area contributed by atoms with Crippen molar-refractivity contribution in [3.63, 3.8) is 0 Å². The van der Waals surface area contributed by atoms with Gasteiger partial charge in [-0.05, 0) is 31.0 Å². The monoisotopic (exact) mass is 261 g/mol. The molecule has 0 unspecified atom stereocenters. The number of carbonyl (C=O) groups is 1. The number of carbonyl (C=O) groups excluding carboxylic acids is 1. The maximum Gasteiger partial charge on any atom is 0.251 e. The van der Waals surface area contributed by atoms with Crippen molar-refractivity contribution in [3.05, 3.63) is 36.2 Å². The highest BCUT2D eigenvalue weighted by Gasteiger charge is 2.43. The lowest BCUT2D eigenvalue weighted by atomic mass is 10.1. The van der Waals surface area contributed by atoms with E-state index in [1.54, 1.807) is 30.6 Å². The lowest BCUT2D eigenvalue weighted by Gasteiger charge is -2.13. The predicted molar refractivity (Wildman–Crippen MR) is 69.7 cm³/mol. The molecule has 0 atom stereocenters. The van der Waals surface area contributed by atoms with Crippen LogP contribution in [0.1, 0.15) is 23.2 Å². The molecular formula is C13H12ClN3O. The first-order valence-corrected chi connectivity index (χ1v) is 6.35. The molecule has 1 aliphatic rings. The zero-order valence-electron chi connectivity index (χ0n) is 9.69. The summed E-state index contributed by atoms with van der Waals surface area (Å²) in [4.78, 5) is 20.4. The van der Waals surface area contributed by atoms with E-state index in [0.29, 0.717) is 11.4 Å². The Bertz CT molecular complexity index is 610. The van der Waals surface area contributed by atoms with E-state index in [9.17, 15) is 4.79 Å². The van der Waals surface area contributed by atoms with Crippen molar-refractivity contribution in [1.29, 1.82) is 0 Å². The lowest BCUT2D eigenvalue weighted by Crippen LogP contribution is -2.38. The summed E-state index contributed by atoms with van der Waals surface area (Å²) in [7, 11) is 0. The fourth-order valence-corrected chi connectivity index (χ4v) is 2.19. The number of hydrogen-bond donors (Lipinski definition) is 1. The minimum absolute atomic E-state index is 0.0966. The van der Waals surface area contributed by atoms with Crippen molar-refractivity contribution in [2.75, 3.05) is 5.88 Å². The molecule has 1 saturated carbocycles. The number of halogens is 1. The van der Waals surface area contributed by atoms with Crippen molar-refractivity contribution in [1.82, 2.24) is 15.3 Å². The number of hydrogen-bond acceptors (Lipinski definition) is 3. The SMILES string of the molecule is O=C(NC1(CCl)CC1)c1ccc2nccnc2c1. The normalized spacial score (nSPS) is 16.5. The number of fused-ring (bicyclic) bond motifs is 1. The number of amides is 1. The van der Waals surface area contributed by atoms with Gasteiger partial charge in [0.05, 0.1) is 16.6 Å². The second-order valence-electron chi connectivity index (χ2n) is 4.63. The van der Waals surface area contributed by atoms with E-state index in [4.69, 9.17) is 11.6 Å². The van der Waals surface area contributed by atoms with Crippen molar-refractivity contribution >= 4 is 28.5 Å².